The minimum atomic E-state index is -0.166. The van der Waals surface area contributed by atoms with Crippen LogP contribution in [0, 0.1) is 5.92 Å². The second-order valence-corrected chi connectivity index (χ2v) is 5.38. The van der Waals surface area contributed by atoms with Gasteiger partial charge in [-0.2, -0.15) is 0 Å². The summed E-state index contributed by atoms with van der Waals surface area (Å²) >= 11 is 0. The number of para-hydroxylation sites is 2. The van der Waals surface area contributed by atoms with Crippen LogP contribution in [0.2, 0.25) is 0 Å². The number of hydrogen-bond donors (Lipinski definition) is 2. The molecule has 5 heteroatoms. The van der Waals surface area contributed by atoms with Gasteiger partial charge in [0.05, 0.1) is 18.9 Å². The SMILES string of the molecule is COc1ccccc1NC(=O)COC1CCCCC1CN. The summed E-state index contributed by atoms with van der Waals surface area (Å²) in [5.41, 5.74) is 6.42. The lowest BCUT2D eigenvalue weighted by molar-refractivity contribution is -0.124. The lowest BCUT2D eigenvalue weighted by Crippen LogP contribution is -2.35. The molecular formula is C16H24N2O3. The molecule has 0 saturated heterocycles. The van der Waals surface area contributed by atoms with Crippen LogP contribution in [0.25, 0.3) is 0 Å². The average Bonchev–Trinajstić information content (AvgIpc) is 2.53. The summed E-state index contributed by atoms with van der Waals surface area (Å²) < 4.78 is 11.0. The molecule has 0 spiro atoms. The van der Waals surface area contributed by atoms with Crippen molar-refractivity contribution in [1.82, 2.24) is 0 Å². The molecule has 2 rings (SSSR count). The van der Waals surface area contributed by atoms with Crippen molar-refractivity contribution in [2.45, 2.75) is 31.8 Å². The highest BCUT2D eigenvalue weighted by Gasteiger charge is 2.25. The number of nitrogens with two attached hydrogens (primary N) is 1. The molecule has 1 aliphatic carbocycles. The molecule has 0 radical (unpaired) electrons. The number of benzene rings is 1. The van der Waals surface area contributed by atoms with Crippen LogP contribution < -0.4 is 15.8 Å². The predicted octanol–water partition coefficient (Wildman–Crippen LogP) is 2.17. The Balaban J connectivity index is 1.84. The molecule has 0 aliphatic heterocycles. The van der Waals surface area contributed by atoms with Crippen molar-refractivity contribution in [3.05, 3.63) is 24.3 Å². The van der Waals surface area contributed by atoms with Crippen LogP contribution in [0.5, 0.6) is 5.75 Å². The molecule has 3 N–H and O–H groups in total. The van der Waals surface area contributed by atoms with E-state index in [1.165, 1.54) is 6.42 Å². The number of hydrogen-bond acceptors (Lipinski definition) is 4. The van der Waals surface area contributed by atoms with E-state index in [0.29, 0.717) is 23.9 Å². The Bertz CT molecular complexity index is 465. The van der Waals surface area contributed by atoms with Gasteiger partial charge in [0, 0.05) is 0 Å². The molecule has 1 saturated carbocycles. The molecule has 1 aromatic carbocycles. The van der Waals surface area contributed by atoms with Crippen LogP contribution in [-0.2, 0) is 9.53 Å². The fourth-order valence-electron chi connectivity index (χ4n) is 2.78. The summed E-state index contributed by atoms with van der Waals surface area (Å²) in [6.07, 6.45) is 4.54. The molecule has 1 aromatic rings. The molecule has 1 fully saturated rings. The molecule has 0 aromatic heterocycles. The van der Waals surface area contributed by atoms with E-state index < -0.39 is 0 Å². The van der Waals surface area contributed by atoms with E-state index in [9.17, 15) is 4.79 Å². The summed E-state index contributed by atoms with van der Waals surface area (Å²) in [4.78, 5) is 12.0. The molecule has 21 heavy (non-hydrogen) atoms. The zero-order valence-corrected chi connectivity index (χ0v) is 12.5. The van der Waals surface area contributed by atoms with Crippen molar-refractivity contribution < 1.29 is 14.3 Å². The van der Waals surface area contributed by atoms with Gasteiger partial charge in [0.1, 0.15) is 12.4 Å². The van der Waals surface area contributed by atoms with Gasteiger partial charge in [0.25, 0.3) is 0 Å². The van der Waals surface area contributed by atoms with Gasteiger partial charge in [-0.1, -0.05) is 25.0 Å². The number of methoxy groups -OCH3 is 1. The molecule has 0 heterocycles. The van der Waals surface area contributed by atoms with Gasteiger partial charge in [-0.05, 0) is 37.4 Å². The van der Waals surface area contributed by atoms with E-state index in [2.05, 4.69) is 5.32 Å². The van der Waals surface area contributed by atoms with Gasteiger partial charge in [0.2, 0.25) is 5.91 Å². The zero-order valence-electron chi connectivity index (χ0n) is 12.5. The van der Waals surface area contributed by atoms with Crippen molar-refractivity contribution in [3.8, 4) is 5.75 Å². The summed E-state index contributed by atoms with van der Waals surface area (Å²) in [5.74, 6) is 0.849. The zero-order chi connectivity index (χ0) is 15.1. The van der Waals surface area contributed by atoms with Crippen LogP contribution >= 0.6 is 0 Å². The largest absolute Gasteiger partial charge is 0.495 e. The summed E-state index contributed by atoms with van der Waals surface area (Å²) in [6.45, 7) is 0.679. The number of anilines is 1. The van der Waals surface area contributed by atoms with Gasteiger partial charge in [-0.3, -0.25) is 4.79 Å². The van der Waals surface area contributed by atoms with Gasteiger partial charge in [0.15, 0.2) is 0 Å². The van der Waals surface area contributed by atoms with Gasteiger partial charge in [-0.15, -0.1) is 0 Å². The topological polar surface area (TPSA) is 73.6 Å². The third kappa shape index (κ3) is 4.44. The van der Waals surface area contributed by atoms with Crippen molar-refractivity contribution >= 4 is 11.6 Å². The highest BCUT2D eigenvalue weighted by atomic mass is 16.5. The Kier molecular flexibility index (Phi) is 6.02. The molecular weight excluding hydrogens is 268 g/mol. The number of carbonyl (C=O) groups excluding carboxylic acids is 1. The number of nitrogens with one attached hydrogen (secondary N) is 1. The van der Waals surface area contributed by atoms with Crippen molar-refractivity contribution in [2.75, 3.05) is 25.6 Å². The summed E-state index contributed by atoms with van der Waals surface area (Å²) in [7, 11) is 1.58. The maximum Gasteiger partial charge on any atom is 0.250 e. The fraction of sp³-hybridized carbons (Fsp3) is 0.562. The fourth-order valence-corrected chi connectivity index (χ4v) is 2.78. The highest BCUT2D eigenvalue weighted by Crippen LogP contribution is 2.26. The molecule has 1 aliphatic rings. The maximum absolute atomic E-state index is 12.0. The van der Waals surface area contributed by atoms with Crippen LogP contribution in [0.15, 0.2) is 24.3 Å². The molecule has 1 amide bonds. The average molecular weight is 292 g/mol. The third-order valence-corrected chi connectivity index (χ3v) is 3.95. The number of ether oxygens (including phenoxy) is 2. The first kappa shape index (κ1) is 15.8. The Morgan fingerprint density at radius 3 is 2.86 bits per heavy atom. The maximum atomic E-state index is 12.0. The summed E-state index contributed by atoms with van der Waals surface area (Å²) in [5, 5.41) is 2.81. The quantitative estimate of drug-likeness (QED) is 0.842. The van der Waals surface area contributed by atoms with Crippen molar-refractivity contribution in [2.24, 2.45) is 11.7 Å². The first-order chi connectivity index (χ1) is 10.2. The third-order valence-electron chi connectivity index (χ3n) is 3.95. The first-order valence-electron chi connectivity index (χ1n) is 7.49. The second kappa shape index (κ2) is 8.00. The van der Waals surface area contributed by atoms with Crippen LogP contribution in [0.3, 0.4) is 0 Å². The smallest absolute Gasteiger partial charge is 0.250 e. The van der Waals surface area contributed by atoms with E-state index in [4.69, 9.17) is 15.2 Å². The first-order valence-corrected chi connectivity index (χ1v) is 7.49. The number of rotatable bonds is 6. The Hall–Kier alpha value is -1.59. The normalized spacial score (nSPS) is 21.8. The second-order valence-electron chi connectivity index (χ2n) is 5.38. The number of carbonyl (C=O) groups is 1. The minimum Gasteiger partial charge on any atom is -0.495 e. The van der Waals surface area contributed by atoms with E-state index in [-0.39, 0.29) is 18.6 Å². The van der Waals surface area contributed by atoms with Crippen LogP contribution in [0.1, 0.15) is 25.7 Å². The molecule has 0 bridgehead atoms. The minimum absolute atomic E-state index is 0.0548. The number of amides is 1. The van der Waals surface area contributed by atoms with E-state index in [1.54, 1.807) is 13.2 Å². The molecule has 116 valence electrons. The Morgan fingerprint density at radius 1 is 1.33 bits per heavy atom. The standard InChI is InChI=1S/C16H24N2O3/c1-20-15-9-5-3-7-13(15)18-16(19)11-21-14-8-4-2-6-12(14)10-17/h3,5,7,9,12,14H,2,4,6,8,10-11,17H2,1H3,(H,18,19). The molecule has 2 atom stereocenters. The van der Waals surface area contributed by atoms with Gasteiger partial charge < -0.3 is 20.5 Å². The van der Waals surface area contributed by atoms with E-state index in [1.807, 2.05) is 18.2 Å². The molecule has 5 nitrogen and oxygen atoms in total. The molecule has 2 unspecified atom stereocenters. The lowest BCUT2D eigenvalue weighted by Gasteiger charge is -2.30. The van der Waals surface area contributed by atoms with Crippen molar-refractivity contribution in [1.29, 1.82) is 0 Å². The Labute approximate surface area is 125 Å². The predicted molar refractivity (Wildman–Crippen MR) is 82.4 cm³/mol. The summed E-state index contributed by atoms with van der Waals surface area (Å²) in [6, 6.07) is 7.32. The Morgan fingerprint density at radius 2 is 2.10 bits per heavy atom. The van der Waals surface area contributed by atoms with Crippen LogP contribution in [-0.4, -0.2) is 32.3 Å². The van der Waals surface area contributed by atoms with Crippen molar-refractivity contribution in [3.63, 3.8) is 0 Å². The van der Waals surface area contributed by atoms with E-state index in [0.717, 1.165) is 19.3 Å². The van der Waals surface area contributed by atoms with E-state index >= 15 is 0 Å². The lowest BCUT2D eigenvalue weighted by atomic mass is 9.86. The monoisotopic (exact) mass is 292 g/mol. The van der Waals surface area contributed by atoms with Gasteiger partial charge in [-0.25, -0.2) is 0 Å². The van der Waals surface area contributed by atoms with Gasteiger partial charge >= 0.3 is 0 Å². The highest BCUT2D eigenvalue weighted by molar-refractivity contribution is 5.93. The van der Waals surface area contributed by atoms with Crippen LogP contribution in [0.4, 0.5) is 5.69 Å².